The number of halogens is 2. The summed E-state index contributed by atoms with van der Waals surface area (Å²) < 4.78 is 2.20. The lowest BCUT2D eigenvalue weighted by molar-refractivity contribution is 1.65. The van der Waals surface area contributed by atoms with Crippen LogP contribution in [-0.4, -0.2) is 0 Å². The van der Waals surface area contributed by atoms with Crippen molar-refractivity contribution in [2.45, 2.75) is 0 Å². The maximum absolute atomic E-state index is 3.41. The first-order chi connectivity index (χ1) is 4.22. The second-order valence-electron chi connectivity index (χ2n) is 1.64. The lowest BCUT2D eigenvalue weighted by atomic mass is 10.4. The molecule has 0 aliphatic carbocycles. The van der Waals surface area contributed by atoms with Crippen LogP contribution < -0.4 is 5.30 Å². The normalized spacial score (nSPS) is 9.67. The molecule has 0 radical (unpaired) electrons. The predicted molar refractivity (Wildman–Crippen MR) is 51.2 cm³/mol. The van der Waals surface area contributed by atoms with Crippen LogP contribution in [0.25, 0.3) is 0 Å². The van der Waals surface area contributed by atoms with Gasteiger partial charge in [0, 0.05) is 8.95 Å². The van der Waals surface area contributed by atoms with Crippen LogP contribution in [0.15, 0.2) is 27.1 Å². The highest BCUT2D eigenvalue weighted by atomic mass is 79.9. The van der Waals surface area contributed by atoms with Gasteiger partial charge in [-0.05, 0) is 43.2 Å². The molecule has 1 unspecified atom stereocenters. The molecule has 0 spiro atoms. The van der Waals surface area contributed by atoms with E-state index in [0.717, 1.165) is 8.95 Å². The third kappa shape index (κ3) is 1.76. The van der Waals surface area contributed by atoms with Crippen molar-refractivity contribution in [3.05, 3.63) is 27.1 Å². The highest BCUT2D eigenvalue weighted by Crippen LogP contribution is 2.21. The molecule has 3 heteroatoms. The van der Waals surface area contributed by atoms with Crippen LogP contribution in [0, 0.1) is 0 Å². The van der Waals surface area contributed by atoms with Crippen molar-refractivity contribution in [1.82, 2.24) is 0 Å². The first kappa shape index (κ1) is 7.71. The zero-order valence-corrected chi connectivity index (χ0v) is 8.89. The van der Waals surface area contributed by atoms with Crippen LogP contribution in [0.1, 0.15) is 0 Å². The first-order valence-corrected chi connectivity index (χ1v) is 4.57. The maximum Gasteiger partial charge on any atom is 0.0388 e. The molecule has 1 atom stereocenters. The van der Waals surface area contributed by atoms with E-state index in [1.165, 1.54) is 5.30 Å². The smallest absolute Gasteiger partial charge is 0.0388 e. The lowest BCUT2D eigenvalue weighted by Crippen LogP contribution is -1.90. The molecule has 0 aliphatic heterocycles. The summed E-state index contributed by atoms with van der Waals surface area (Å²) in [6.07, 6.45) is 0. The van der Waals surface area contributed by atoms with E-state index in [1.54, 1.807) is 0 Å². The van der Waals surface area contributed by atoms with Gasteiger partial charge in [0.15, 0.2) is 0 Å². The summed E-state index contributed by atoms with van der Waals surface area (Å²) in [5.74, 6) is 0. The SMILES string of the molecule is Pc1cccc(Br)c1Br. The van der Waals surface area contributed by atoms with E-state index < -0.39 is 0 Å². The van der Waals surface area contributed by atoms with E-state index in [9.17, 15) is 0 Å². The summed E-state index contributed by atoms with van der Waals surface area (Å²) in [6.45, 7) is 0. The summed E-state index contributed by atoms with van der Waals surface area (Å²) >= 11 is 6.80. The predicted octanol–water partition coefficient (Wildman–Crippen LogP) is 2.71. The van der Waals surface area contributed by atoms with Gasteiger partial charge in [0.1, 0.15) is 0 Å². The molecule has 0 saturated heterocycles. The van der Waals surface area contributed by atoms with Crippen LogP contribution >= 0.6 is 41.1 Å². The number of rotatable bonds is 0. The summed E-state index contributed by atoms with van der Waals surface area (Å²) in [4.78, 5) is 0. The van der Waals surface area contributed by atoms with Crippen molar-refractivity contribution >= 4 is 46.4 Å². The minimum Gasteiger partial charge on any atom is -0.104 e. The van der Waals surface area contributed by atoms with E-state index in [0.29, 0.717) is 0 Å². The largest absolute Gasteiger partial charge is 0.104 e. The molecule has 0 fully saturated rings. The molecule has 1 aromatic carbocycles. The van der Waals surface area contributed by atoms with E-state index >= 15 is 0 Å². The standard InChI is InChI=1S/C6H5Br2P/c7-4-2-1-3-5(9)6(4)8/h1-3H,9H2. The van der Waals surface area contributed by atoms with Crippen LogP contribution in [-0.2, 0) is 0 Å². The minimum atomic E-state index is 1.09. The van der Waals surface area contributed by atoms with E-state index in [2.05, 4.69) is 41.1 Å². The first-order valence-electron chi connectivity index (χ1n) is 2.41. The molecule has 0 heterocycles. The van der Waals surface area contributed by atoms with Crippen molar-refractivity contribution in [2.75, 3.05) is 0 Å². The Hall–Kier alpha value is 0.610. The van der Waals surface area contributed by atoms with Gasteiger partial charge in [-0.15, -0.1) is 9.24 Å². The minimum absolute atomic E-state index is 1.09. The van der Waals surface area contributed by atoms with Gasteiger partial charge in [-0.3, -0.25) is 0 Å². The van der Waals surface area contributed by atoms with Crippen molar-refractivity contribution in [3.8, 4) is 0 Å². The van der Waals surface area contributed by atoms with Crippen LogP contribution in [0.2, 0.25) is 0 Å². The zero-order chi connectivity index (χ0) is 6.85. The highest BCUT2D eigenvalue weighted by molar-refractivity contribution is 9.13. The Kier molecular flexibility index (Phi) is 2.69. The highest BCUT2D eigenvalue weighted by Gasteiger charge is 1.95. The van der Waals surface area contributed by atoms with Crippen LogP contribution in [0.4, 0.5) is 0 Å². The van der Waals surface area contributed by atoms with Gasteiger partial charge < -0.3 is 0 Å². The van der Waals surface area contributed by atoms with Gasteiger partial charge in [0.05, 0.1) is 0 Å². The molecule has 0 aromatic heterocycles. The molecule has 1 rings (SSSR count). The van der Waals surface area contributed by atoms with Gasteiger partial charge >= 0.3 is 0 Å². The van der Waals surface area contributed by atoms with Gasteiger partial charge in [0.25, 0.3) is 0 Å². The number of hydrogen-bond donors (Lipinski definition) is 0. The molecule has 0 nitrogen and oxygen atoms in total. The zero-order valence-electron chi connectivity index (χ0n) is 4.57. The Morgan fingerprint density at radius 3 is 2.33 bits per heavy atom. The van der Waals surface area contributed by atoms with E-state index in [1.807, 2.05) is 18.2 Å². The molecular weight excluding hydrogens is 263 g/mol. The van der Waals surface area contributed by atoms with Crippen molar-refractivity contribution < 1.29 is 0 Å². The summed E-state index contributed by atoms with van der Waals surface area (Å²) in [5, 5.41) is 1.17. The van der Waals surface area contributed by atoms with Gasteiger partial charge in [0.2, 0.25) is 0 Å². The number of hydrogen-bond acceptors (Lipinski definition) is 0. The molecule has 0 N–H and O–H groups in total. The Morgan fingerprint density at radius 1 is 1.22 bits per heavy atom. The van der Waals surface area contributed by atoms with Crippen molar-refractivity contribution in [3.63, 3.8) is 0 Å². The monoisotopic (exact) mass is 266 g/mol. The molecule has 0 aliphatic rings. The Labute approximate surface area is 73.5 Å². The summed E-state index contributed by atoms with van der Waals surface area (Å²) in [6, 6.07) is 6.02. The number of benzene rings is 1. The lowest BCUT2D eigenvalue weighted by Gasteiger charge is -1.97. The van der Waals surface area contributed by atoms with Crippen LogP contribution in [0.3, 0.4) is 0 Å². The van der Waals surface area contributed by atoms with Gasteiger partial charge in [-0.2, -0.15) is 0 Å². The summed E-state index contributed by atoms with van der Waals surface area (Å²) in [7, 11) is 2.64. The second kappa shape index (κ2) is 3.14. The Balaban J connectivity index is 3.25. The van der Waals surface area contributed by atoms with Crippen molar-refractivity contribution in [1.29, 1.82) is 0 Å². The molecular formula is C6H5Br2P. The summed E-state index contributed by atoms with van der Waals surface area (Å²) in [5.41, 5.74) is 0. The Bertz CT molecular complexity index is 202. The molecule has 0 bridgehead atoms. The quantitative estimate of drug-likeness (QED) is 0.634. The molecule has 0 saturated carbocycles. The van der Waals surface area contributed by atoms with Gasteiger partial charge in [-0.1, -0.05) is 12.1 Å². The fraction of sp³-hybridized carbons (Fsp3) is 0. The fourth-order valence-electron chi connectivity index (χ4n) is 0.520. The maximum atomic E-state index is 3.41. The Morgan fingerprint density at radius 2 is 1.89 bits per heavy atom. The average molecular weight is 268 g/mol. The molecule has 9 heavy (non-hydrogen) atoms. The third-order valence-corrected chi connectivity index (χ3v) is 3.96. The molecule has 1 aromatic rings. The van der Waals surface area contributed by atoms with Crippen molar-refractivity contribution in [2.24, 2.45) is 0 Å². The molecule has 0 amide bonds. The average Bonchev–Trinajstić information content (AvgIpc) is 1.83. The molecule has 48 valence electrons. The second-order valence-corrected chi connectivity index (χ2v) is 3.91. The third-order valence-electron chi connectivity index (χ3n) is 0.981. The topological polar surface area (TPSA) is 0 Å². The van der Waals surface area contributed by atoms with E-state index in [4.69, 9.17) is 0 Å². The van der Waals surface area contributed by atoms with Crippen LogP contribution in [0.5, 0.6) is 0 Å². The van der Waals surface area contributed by atoms with E-state index in [-0.39, 0.29) is 0 Å². The fourth-order valence-corrected chi connectivity index (χ4v) is 1.64. The van der Waals surface area contributed by atoms with Gasteiger partial charge in [-0.25, -0.2) is 0 Å².